The number of carbonyl (C=O) groups excluding carboxylic acids is 2. The second-order valence-corrected chi connectivity index (χ2v) is 12.0. The van der Waals surface area contributed by atoms with E-state index in [2.05, 4.69) is 22.0 Å². The lowest BCUT2D eigenvalue weighted by atomic mass is 9.90. The first kappa shape index (κ1) is 30.6. The van der Waals surface area contributed by atoms with Crippen molar-refractivity contribution in [3.05, 3.63) is 65.2 Å². The highest BCUT2D eigenvalue weighted by molar-refractivity contribution is 5.95. The van der Waals surface area contributed by atoms with Gasteiger partial charge in [0.05, 0.1) is 18.8 Å². The molecule has 2 N–H and O–H groups in total. The highest BCUT2D eigenvalue weighted by Gasteiger charge is 2.41. The van der Waals surface area contributed by atoms with Crippen molar-refractivity contribution in [1.82, 2.24) is 9.80 Å². The molecule has 3 aliphatic heterocycles. The van der Waals surface area contributed by atoms with E-state index in [1.54, 1.807) is 13.0 Å². The largest absolute Gasteiger partial charge is 0.453 e. The minimum absolute atomic E-state index is 0.00231. The zero-order valence-corrected chi connectivity index (χ0v) is 25.0. The number of ether oxygens (including phenoxy) is 3. The first-order valence-corrected chi connectivity index (χ1v) is 15.4. The van der Waals surface area contributed by atoms with Crippen LogP contribution in [0.25, 0.3) is 0 Å². The number of aliphatic hydroxyl groups is 1. The second kappa shape index (κ2) is 14.1. The van der Waals surface area contributed by atoms with Gasteiger partial charge in [0.2, 0.25) is 0 Å². The van der Waals surface area contributed by atoms with E-state index in [0.29, 0.717) is 11.7 Å². The van der Waals surface area contributed by atoms with Gasteiger partial charge in [-0.05, 0) is 75.5 Å². The fourth-order valence-electron chi connectivity index (χ4n) is 6.47. The van der Waals surface area contributed by atoms with Crippen LogP contribution in [0.2, 0.25) is 0 Å². The summed E-state index contributed by atoms with van der Waals surface area (Å²) >= 11 is 0. The molecule has 9 nitrogen and oxygen atoms in total. The minimum atomic E-state index is -0.904. The van der Waals surface area contributed by atoms with Crippen molar-refractivity contribution < 1.29 is 28.9 Å². The Balaban J connectivity index is 1.35. The molecule has 0 spiro atoms. The molecule has 3 heterocycles. The summed E-state index contributed by atoms with van der Waals surface area (Å²) in [5.74, 6) is -0.810. The molecule has 0 unspecified atom stereocenters. The monoisotopic (exact) mass is 579 g/mol. The molecule has 0 aromatic heterocycles. The van der Waals surface area contributed by atoms with Crippen LogP contribution < -0.4 is 5.32 Å². The van der Waals surface area contributed by atoms with Crippen LogP contribution in [0.3, 0.4) is 0 Å². The fraction of sp³-hybridized carbons (Fsp3) is 0.576. The molecule has 2 aromatic rings. The summed E-state index contributed by atoms with van der Waals surface area (Å²) in [5, 5.41) is 12.4. The van der Waals surface area contributed by atoms with Crippen molar-refractivity contribution >= 4 is 17.6 Å². The molecule has 0 saturated carbocycles. The third-order valence-electron chi connectivity index (χ3n) is 8.84. The molecule has 3 fully saturated rings. The summed E-state index contributed by atoms with van der Waals surface area (Å²) in [6.07, 6.45) is 3.22. The Labute approximate surface area is 249 Å². The Morgan fingerprint density at radius 3 is 2.50 bits per heavy atom. The van der Waals surface area contributed by atoms with Crippen molar-refractivity contribution in [3.8, 4) is 0 Å². The van der Waals surface area contributed by atoms with E-state index in [1.807, 2.05) is 42.5 Å². The van der Waals surface area contributed by atoms with Crippen LogP contribution in [0, 0.1) is 5.92 Å². The molecule has 0 radical (unpaired) electrons. The van der Waals surface area contributed by atoms with Gasteiger partial charge in [0.1, 0.15) is 0 Å². The zero-order chi connectivity index (χ0) is 29.6. The van der Waals surface area contributed by atoms with E-state index in [4.69, 9.17) is 14.2 Å². The maximum absolute atomic E-state index is 12.6. The Morgan fingerprint density at radius 1 is 1.02 bits per heavy atom. The first-order valence-electron chi connectivity index (χ1n) is 15.4. The van der Waals surface area contributed by atoms with Gasteiger partial charge in [-0.25, -0.2) is 0 Å². The van der Waals surface area contributed by atoms with Gasteiger partial charge < -0.3 is 29.5 Å². The van der Waals surface area contributed by atoms with Crippen LogP contribution in [0.4, 0.5) is 5.69 Å². The molecule has 3 saturated heterocycles. The number of carbonyl (C=O) groups is 2. The van der Waals surface area contributed by atoms with Crippen molar-refractivity contribution in [2.45, 2.75) is 83.7 Å². The van der Waals surface area contributed by atoms with E-state index in [0.717, 1.165) is 36.3 Å². The number of nitrogens with one attached hydrogen (secondary N) is 1. The van der Waals surface area contributed by atoms with E-state index in [-0.39, 0.29) is 24.7 Å². The zero-order valence-electron chi connectivity index (χ0n) is 25.0. The van der Waals surface area contributed by atoms with Crippen LogP contribution in [0.5, 0.6) is 0 Å². The number of benzene rings is 2. The molecule has 6 atom stereocenters. The van der Waals surface area contributed by atoms with E-state index < -0.39 is 24.3 Å². The molecular weight excluding hydrogens is 534 g/mol. The molecule has 0 aliphatic carbocycles. The van der Waals surface area contributed by atoms with Crippen molar-refractivity contribution in [3.63, 3.8) is 0 Å². The first-order chi connectivity index (χ1) is 20.3. The second-order valence-electron chi connectivity index (χ2n) is 12.0. The van der Waals surface area contributed by atoms with Gasteiger partial charge in [-0.2, -0.15) is 0 Å². The fourth-order valence-corrected chi connectivity index (χ4v) is 6.47. The van der Waals surface area contributed by atoms with Gasteiger partial charge in [-0.3, -0.25) is 14.5 Å². The Morgan fingerprint density at radius 2 is 1.79 bits per heavy atom. The molecule has 3 aliphatic rings. The molecular formula is C33H45N3O6. The molecule has 9 heteroatoms. The average molecular weight is 580 g/mol. The minimum Gasteiger partial charge on any atom is -0.453 e. The number of anilines is 1. The molecule has 2 aromatic carbocycles. The predicted molar refractivity (Wildman–Crippen MR) is 160 cm³/mol. The van der Waals surface area contributed by atoms with Crippen LogP contribution in [0.15, 0.2) is 48.5 Å². The maximum Gasteiger partial charge on any atom is 0.303 e. The number of hydrogen-bond acceptors (Lipinski definition) is 8. The van der Waals surface area contributed by atoms with Gasteiger partial charge in [-0.15, -0.1) is 0 Å². The third-order valence-corrected chi connectivity index (χ3v) is 8.84. The number of likely N-dealkylation sites (tertiary alicyclic amines) is 2. The number of rotatable bonds is 10. The lowest BCUT2D eigenvalue weighted by molar-refractivity contribution is -0.276. The molecule has 1 amide bonds. The Hall–Kier alpha value is -2.82. The third kappa shape index (κ3) is 7.57. The van der Waals surface area contributed by atoms with E-state index in [1.165, 1.54) is 45.7 Å². The number of hydrogen-bond donors (Lipinski definition) is 2. The van der Waals surface area contributed by atoms with E-state index >= 15 is 0 Å². The average Bonchev–Trinajstić information content (AvgIpc) is 3.66. The van der Waals surface area contributed by atoms with Gasteiger partial charge in [0.25, 0.3) is 5.91 Å². The molecule has 42 heavy (non-hydrogen) atoms. The molecule has 0 bridgehead atoms. The van der Waals surface area contributed by atoms with Crippen LogP contribution in [-0.4, -0.2) is 77.8 Å². The topological polar surface area (TPSA) is 101 Å². The summed E-state index contributed by atoms with van der Waals surface area (Å²) in [5.41, 5.74) is 3.29. The normalized spacial score (nSPS) is 27.6. The molecule has 228 valence electrons. The quantitative estimate of drug-likeness (QED) is 0.399. The number of esters is 1. The lowest BCUT2D eigenvalue weighted by Gasteiger charge is -2.43. The SMILES string of the molecule is CC(=O)O[C@@H](C)C(=O)Nc1cccc([C@H]2O[C@@H](CN3CCC[C@H]3CN3CCCC3)[C@@H](C)[C@@H](c3ccc(CO)cc3)O2)c1. The van der Waals surface area contributed by atoms with Gasteiger partial charge in [0, 0.05) is 43.2 Å². The Bertz CT molecular complexity index is 1200. The van der Waals surface area contributed by atoms with Gasteiger partial charge in [0.15, 0.2) is 12.4 Å². The van der Waals surface area contributed by atoms with Crippen LogP contribution >= 0.6 is 0 Å². The standard InChI is InChI=1S/C33H45N3O6/c1-22-30(20-36-17-7-10-29(36)19-35-15-4-5-16-35)41-33(42-31(22)26-13-11-25(21-37)12-14-26)27-8-6-9-28(18-27)34-32(39)23(2)40-24(3)38/h6,8-9,11-14,18,22-23,29-31,33,37H,4-5,7,10,15-17,19-21H2,1-3H3,(H,34,39)/t22-,23+,29+,30+,31+,33+/m1/s1. The van der Waals surface area contributed by atoms with E-state index in [9.17, 15) is 14.7 Å². The van der Waals surface area contributed by atoms with Crippen molar-refractivity contribution in [2.24, 2.45) is 5.92 Å². The van der Waals surface area contributed by atoms with Crippen molar-refractivity contribution in [1.29, 1.82) is 0 Å². The van der Waals surface area contributed by atoms with Gasteiger partial charge in [-0.1, -0.05) is 43.3 Å². The smallest absolute Gasteiger partial charge is 0.303 e. The summed E-state index contributed by atoms with van der Waals surface area (Å²) in [6.45, 7) is 10.5. The summed E-state index contributed by atoms with van der Waals surface area (Å²) in [4.78, 5) is 29.1. The van der Waals surface area contributed by atoms with Gasteiger partial charge >= 0.3 is 5.97 Å². The van der Waals surface area contributed by atoms with Crippen molar-refractivity contribution in [2.75, 3.05) is 38.0 Å². The maximum atomic E-state index is 12.6. The molecule has 5 rings (SSSR count). The highest BCUT2D eigenvalue weighted by Crippen LogP contribution is 2.42. The highest BCUT2D eigenvalue weighted by atomic mass is 16.7. The number of aliphatic hydroxyl groups excluding tert-OH is 1. The number of amides is 1. The lowest BCUT2D eigenvalue weighted by Crippen LogP contribution is -2.48. The number of nitrogens with zero attached hydrogens (tertiary/aromatic N) is 2. The predicted octanol–water partition coefficient (Wildman–Crippen LogP) is 4.42. The summed E-state index contributed by atoms with van der Waals surface area (Å²) in [7, 11) is 0. The van der Waals surface area contributed by atoms with Crippen LogP contribution in [0.1, 0.15) is 75.5 Å². The van der Waals surface area contributed by atoms with Crippen LogP contribution in [-0.2, 0) is 30.4 Å². The Kier molecular flexibility index (Phi) is 10.3. The summed E-state index contributed by atoms with van der Waals surface area (Å²) < 4.78 is 18.4. The summed E-state index contributed by atoms with van der Waals surface area (Å²) in [6, 6.07) is 15.9.